The van der Waals surface area contributed by atoms with Gasteiger partial charge in [0.25, 0.3) is 0 Å². The summed E-state index contributed by atoms with van der Waals surface area (Å²) in [5.74, 6) is -0.388. The van der Waals surface area contributed by atoms with E-state index in [2.05, 4.69) is 16.1 Å². The molecule has 3 heteroatoms. The zero-order valence-electron chi connectivity index (χ0n) is 9.88. The predicted octanol–water partition coefficient (Wildman–Crippen LogP) is 3.16. The lowest BCUT2D eigenvalue weighted by Crippen LogP contribution is -2.01. The Morgan fingerprint density at radius 1 is 1.11 bits per heavy atom. The molecular weight excluding hydrogens is 226 g/mol. The lowest BCUT2D eigenvalue weighted by Gasteiger charge is -2.00. The first-order valence-corrected chi connectivity index (χ1v) is 5.71. The van der Waals surface area contributed by atoms with Crippen molar-refractivity contribution in [1.29, 1.82) is 0 Å². The zero-order valence-corrected chi connectivity index (χ0v) is 9.88. The molecule has 1 heterocycles. The van der Waals surface area contributed by atoms with Gasteiger partial charge in [0.2, 0.25) is 0 Å². The van der Waals surface area contributed by atoms with E-state index in [-0.39, 0.29) is 5.97 Å². The molecular formula is C15H11NO2. The molecule has 0 N–H and O–H groups in total. The first-order chi connectivity index (χ1) is 8.74. The van der Waals surface area contributed by atoms with E-state index < -0.39 is 0 Å². The third kappa shape index (κ3) is 1.80. The van der Waals surface area contributed by atoms with Gasteiger partial charge in [-0.2, -0.15) is 0 Å². The molecule has 0 aliphatic carbocycles. The van der Waals surface area contributed by atoms with Crippen molar-refractivity contribution >= 4 is 28.5 Å². The number of carbonyl (C=O) groups excluding carboxylic acids is 1. The summed E-state index contributed by atoms with van der Waals surface area (Å²) in [7, 11) is 0. The molecule has 1 aliphatic heterocycles. The van der Waals surface area contributed by atoms with Crippen molar-refractivity contribution in [3.8, 4) is 0 Å². The van der Waals surface area contributed by atoms with Crippen molar-refractivity contribution in [1.82, 2.24) is 0 Å². The van der Waals surface area contributed by atoms with Gasteiger partial charge in [-0.1, -0.05) is 41.6 Å². The van der Waals surface area contributed by atoms with E-state index in [0.29, 0.717) is 11.3 Å². The summed E-state index contributed by atoms with van der Waals surface area (Å²) in [5, 5.41) is 5.98. The Morgan fingerprint density at radius 2 is 1.89 bits per heavy atom. The highest BCUT2D eigenvalue weighted by molar-refractivity contribution is 6.24. The molecule has 0 unspecified atom stereocenters. The van der Waals surface area contributed by atoms with Crippen molar-refractivity contribution in [2.75, 3.05) is 0 Å². The quantitative estimate of drug-likeness (QED) is 0.564. The number of carbonyl (C=O) groups is 1. The number of hydrogen-bond acceptors (Lipinski definition) is 3. The van der Waals surface area contributed by atoms with Crippen LogP contribution in [0, 0.1) is 0 Å². The third-order valence-electron chi connectivity index (χ3n) is 2.96. The van der Waals surface area contributed by atoms with Crippen molar-refractivity contribution in [2.45, 2.75) is 6.92 Å². The zero-order chi connectivity index (χ0) is 12.5. The Morgan fingerprint density at radius 3 is 2.61 bits per heavy atom. The number of rotatable bonds is 1. The fourth-order valence-electron chi connectivity index (χ4n) is 1.98. The lowest BCUT2D eigenvalue weighted by molar-refractivity contribution is -0.136. The smallest absolute Gasteiger partial charge is 0.312 e. The number of fused-ring (bicyclic) bond motifs is 1. The average molecular weight is 237 g/mol. The second-order valence-corrected chi connectivity index (χ2v) is 4.22. The van der Waals surface area contributed by atoms with Gasteiger partial charge < -0.3 is 4.84 Å². The van der Waals surface area contributed by atoms with Crippen LogP contribution in [-0.4, -0.2) is 11.7 Å². The first-order valence-electron chi connectivity index (χ1n) is 5.71. The molecule has 18 heavy (non-hydrogen) atoms. The summed E-state index contributed by atoms with van der Waals surface area (Å²) in [4.78, 5) is 16.1. The van der Waals surface area contributed by atoms with E-state index in [0.717, 1.165) is 10.9 Å². The molecule has 0 saturated carbocycles. The van der Waals surface area contributed by atoms with Crippen molar-refractivity contribution < 1.29 is 9.63 Å². The van der Waals surface area contributed by atoms with Crippen molar-refractivity contribution in [2.24, 2.45) is 5.16 Å². The maximum absolute atomic E-state index is 11.4. The summed E-state index contributed by atoms with van der Waals surface area (Å²) in [6.07, 6.45) is 1.81. The topological polar surface area (TPSA) is 38.7 Å². The minimum Gasteiger partial charge on any atom is -0.312 e. The highest BCUT2D eigenvalue weighted by Crippen LogP contribution is 2.20. The second-order valence-electron chi connectivity index (χ2n) is 4.22. The van der Waals surface area contributed by atoms with Crippen LogP contribution in [0.15, 0.2) is 53.2 Å². The lowest BCUT2D eigenvalue weighted by atomic mass is 10.0. The van der Waals surface area contributed by atoms with Crippen LogP contribution in [0.2, 0.25) is 0 Å². The monoisotopic (exact) mass is 237 g/mol. The molecule has 0 fully saturated rings. The molecule has 3 nitrogen and oxygen atoms in total. The van der Waals surface area contributed by atoms with Gasteiger partial charge in [-0.3, -0.25) is 0 Å². The maximum Gasteiger partial charge on any atom is 0.367 e. The van der Waals surface area contributed by atoms with Crippen LogP contribution < -0.4 is 0 Å². The average Bonchev–Trinajstić information content (AvgIpc) is 2.70. The van der Waals surface area contributed by atoms with Gasteiger partial charge in [-0.15, -0.1) is 0 Å². The van der Waals surface area contributed by atoms with Gasteiger partial charge in [0.1, 0.15) is 0 Å². The van der Waals surface area contributed by atoms with E-state index >= 15 is 0 Å². The summed E-state index contributed by atoms with van der Waals surface area (Å²) >= 11 is 0. The van der Waals surface area contributed by atoms with Crippen molar-refractivity contribution in [3.63, 3.8) is 0 Å². The molecule has 0 aromatic heterocycles. The van der Waals surface area contributed by atoms with Gasteiger partial charge in [-0.25, -0.2) is 4.79 Å². The van der Waals surface area contributed by atoms with E-state index in [1.165, 1.54) is 5.39 Å². The van der Waals surface area contributed by atoms with Crippen LogP contribution in [0.25, 0.3) is 16.8 Å². The van der Waals surface area contributed by atoms with Crippen LogP contribution in [0.3, 0.4) is 0 Å². The Labute approximate surface area is 104 Å². The number of oxime groups is 1. The van der Waals surface area contributed by atoms with E-state index in [1.54, 1.807) is 13.0 Å². The molecule has 2 aromatic rings. The molecule has 0 radical (unpaired) electrons. The normalized spacial score (nSPS) is 17.1. The molecule has 88 valence electrons. The molecule has 0 bridgehead atoms. The molecule has 1 aliphatic rings. The standard InChI is InChI=1S/C15H11NO2/c1-10-14(15(17)18-16-10)9-11-6-7-12-4-2-3-5-13(12)8-11/h2-9H,1H3/b14-9-. The maximum atomic E-state index is 11.4. The molecule has 3 rings (SSSR count). The van der Waals surface area contributed by atoms with E-state index in [1.807, 2.05) is 36.4 Å². The van der Waals surface area contributed by atoms with Crippen LogP contribution >= 0.6 is 0 Å². The van der Waals surface area contributed by atoms with Gasteiger partial charge in [-0.05, 0) is 35.4 Å². The molecule has 0 spiro atoms. The fourth-order valence-corrected chi connectivity index (χ4v) is 1.98. The highest BCUT2D eigenvalue weighted by Gasteiger charge is 2.21. The largest absolute Gasteiger partial charge is 0.367 e. The Bertz CT molecular complexity index is 698. The minimum atomic E-state index is -0.388. The van der Waals surface area contributed by atoms with Crippen LogP contribution in [0.1, 0.15) is 12.5 Å². The molecule has 0 atom stereocenters. The number of benzene rings is 2. The SMILES string of the molecule is CC1=NOC(=O)/C1=C\c1ccc2ccccc2c1. The van der Waals surface area contributed by atoms with Crippen molar-refractivity contribution in [3.05, 3.63) is 53.6 Å². The van der Waals surface area contributed by atoms with Gasteiger partial charge in [0.15, 0.2) is 0 Å². The summed E-state index contributed by atoms with van der Waals surface area (Å²) in [5.41, 5.74) is 2.11. The Balaban J connectivity index is 2.08. The van der Waals surface area contributed by atoms with E-state index in [4.69, 9.17) is 0 Å². The van der Waals surface area contributed by atoms with Gasteiger partial charge in [0.05, 0.1) is 11.3 Å². The van der Waals surface area contributed by atoms with Gasteiger partial charge in [0, 0.05) is 0 Å². The predicted molar refractivity (Wildman–Crippen MR) is 71.1 cm³/mol. The number of nitrogens with zero attached hydrogens (tertiary/aromatic N) is 1. The summed E-state index contributed by atoms with van der Waals surface area (Å²) in [6.45, 7) is 1.76. The first kappa shape index (κ1) is 10.7. The van der Waals surface area contributed by atoms with Crippen LogP contribution in [-0.2, 0) is 9.63 Å². The van der Waals surface area contributed by atoms with Crippen LogP contribution in [0.4, 0.5) is 0 Å². The number of hydrogen-bond donors (Lipinski definition) is 0. The minimum absolute atomic E-state index is 0.388. The fraction of sp³-hybridized carbons (Fsp3) is 0.0667. The molecule has 0 amide bonds. The van der Waals surface area contributed by atoms with Crippen LogP contribution in [0.5, 0.6) is 0 Å². The third-order valence-corrected chi connectivity index (χ3v) is 2.96. The second kappa shape index (κ2) is 4.11. The summed E-state index contributed by atoms with van der Waals surface area (Å²) < 4.78 is 0. The molecule has 2 aromatic carbocycles. The highest BCUT2D eigenvalue weighted by atomic mass is 16.7. The van der Waals surface area contributed by atoms with E-state index in [9.17, 15) is 4.79 Å². The van der Waals surface area contributed by atoms with Gasteiger partial charge >= 0.3 is 5.97 Å². The molecule has 0 saturated heterocycles. The summed E-state index contributed by atoms with van der Waals surface area (Å²) in [6, 6.07) is 14.2. The Kier molecular flexibility index (Phi) is 2.45. The Hall–Kier alpha value is -2.42.